The molecule has 7 heteroatoms. The summed E-state index contributed by atoms with van der Waals surface area (Å²) in [5, 5.41) is 9.11. The lowest BCUT2D eigenvalue weighted by atomic mass is 10.1. The third kappa shape index (κ3) is 3.70. The second-order valence-electron chi connectivity index (χ2n) is 5.70. The van der Waals surface area contributed by atoms with E-state index in [4.69, 9.17) is 15.7 Å². The van der Waals surface area contributed by atoms with Crippen LogP contribution in [0.15, 0.2) is 59.0 Å². The van der Waals surface area contributed by atoms with Crippen LogP contribution in [-0.2, 0) is 11.2 Å². The smallest absolute Gasteiger partial charge is 0.269 e. The minimum atomic E-state index is -0.937. The van der Waals surface area contributed by atoms with Gasteiger partial charge in [-0.25, -0.2) is 0 Å². The summed E-state index contributed by atoms with van der Waals surface area (Å²) in [7, 11) is 0. The average molecular weight is 360 g/mol. The van der Waals surface area contributed by atoms with Crippen LogP contribution in [0.1, 0.15) is 18.1 Å². The number of hydrogen-bond acceptors (Lipinski definition) is 5. The molecule has 0 saturated carbocycles. The third-order valence-electron chi connectivity index (χ3n) is 3.95. The van der Waals surface area contributed by atoms with Gasteiger partial charge < -0.3 is 10.5 Å². The second-order valence-corrected chi connectivity index (χ2v) is 5.70. The van der Waals surface area contributed by atoms with Crippen LogP contribution in [0.2, 0.25) is 0 Å². The first kappa shape index (κ1) is 17.9. The lowest BCUT2D eigenvalue weighted by molar-refractivity contribution is -0.114. The lowest BCUT2D eigenvalue weighted by Crippen LogP contribution is -2.20. The predicted octanol–water partition coefficient (Wildman–Crippen LogP) is 2.44. The fraction of sp³-hybridized carbons (Fsp3) is 0.100. The summed E-state index contributed by atoms with van der Waals surface area (Å²) in [6.07, 6.45) is 3.53. The number of nitriles is 1. The molecule has 134 valence electrons. The van der Waals surface area contributed by atoms with Crippen molar-refractivity contribution in [3.63, 3.8) is 0 Å². The molecular weight excluding hydrogens is 344 g/mol. The molecule has 0 saturated heterocycles. The first-order valence-corrected chi connectivity index (χ1v) is 8.23. The molecule has 0 bridgehead atoms. The topological polar surface area (TPSA) is 110 Å². The van der Waals surface area contributed by atoms with Crippen molar-refractivity contribution < 1.29 is 9.53 Å². The maximum absolute atomic E-state index is 12.9. The van der Waals surface area contributed by atoms with E-state index in [9.17, 15) is 9.59 Å². The molecule has 0 atom stereocenters. The number of aryl methyl sites for hydroxylation is 1. The molecule has 2 heterocycles. The monoisotopic (exact) mass is 360 g/mol. The number of nitrogens with zero attached hydrogens (tertiary/aromatic N) is 3. The molecule has 7 nitrogen and oxygen atoms in total. The number of amides is 1. The van der Waals surface area contributed by atoms with E-state index in [2.05, 4.69) is 4.98 Å². The molecule has 0 spiro atoms. The van der Waals surface area contributed by atoms with E-state index in [0.29, 0.717) is 11.4 Å². The number of rotatable bonds is 5. The average Bonchev–Trinajstić information content (AvgIpc) is 2.68. The Bertz CT molecular complexity index is 1140. The molecule has 2 aromatic heterocycles. The molecule has 0 fully saturated rings. The van der Waals surface area contributed by atoms with E-state index >= 15 is 0 Å². The Labute approximate surface area is 155 Å². The molecule has 3 aromatic rings. The van der Waals surface area contributed by atoms with E-state index in [-0.39, 0.29) is 17.0 Å². The summed E-state index contributed by atoms with van der Waals surface area (Å²) in [5.41, 5.74) is 5.82. The summed E-state index contributed by atoms with van der Waals surface area (Å²) >= 11 is 0. The number of hydrogen-bond donors (Lipinski definition) is 1. The summed E-state index contributed by atoms with van der Waals surface area (Å²) in [5.74, 6) is -0.468. The van der Waals surface area contributed by atoms with Crippen LogP contribution < -0.4 is 16.0 Å². The minimum absolute atomic E-state index is 0.00977. The Hall–Kier alpha value is -3.92. The highest BCUT2D eigenvalue weighted by Crippen LogP contribution is 2.24. The fourth-order valence-corrected chi connectivity index (χ4v) is 2.49. The van der Waals surface area contributed by atoms with Gasteiger partial charge >= 0.3 is 0 Å². The van der Waals surface area contributed by atoms with Gasteiger partial charge in [0.25, 0.3) is 11.5 Å². The SMILES string of the molecule is CCc1ccc(Oc2nc3ccccn3c(=O)c2/C=C(\C#N)C(N)=O)cc1. The Balaban J connectivity index is 2.19. The second kappa shape index (κ2) is 7.54. The molecule has 0 aliphatic heterocycles. The molecular formula is C20H16N4O3. The highest BCUT2D eigenvalue weighted by molar-refractivity contribution is 6.00. The zero-order valence-corrected chi connectivity index (χ0v) is 14.5. The summed E-state index contributed by atoms with van der Waals surface area (Å²) in [6, 6.07) is 14.1. The zero-order valence-electron chi connectivity index (χ0n) is 14.5. The van der Waals surface area contributed by atoms with Crippen molar-refractivity contribution in [2.45, 2.75) is 13.3 Å². The Kier molecular flexibility index (Phi) is 4.99. The summed E-state index contributed by atoms with van der Waals surface area (Å²) < 4.78 is 7.09. The van der Waals surface area contributed by atoms with Crippen LogP contribution in [0.3, 0.4) is 0 Å². The number of carbonyl (C=O) groups is 1. The number of nitrogens with two attached hydrogens (primary N) is 1. The van der Waals surface area contributed by atoms with Crippen LogP contribution in [0.25, 0.3) is 11.7 Å². The van der Waals surface area contributed by atoms with Gasteiger partial charge in [-0.2, -0.15) is 10.2 Å². The van der Waals surface area contributed by atoms with Gasteiger partial charge in [-0.15, -0.1) is 0 Å². The molecule has 1 amide bonds. The normalized spacial score (nSPS) is 11.2. The maximum atomic E-state index is 12.9. The van der Waals surface area contributed by atoms with Crippen molar-refractivity contribution in [1.82, 2.24) is 9.38 Å². The van der Waals surface area contributed by atoms with Gasteiger partial charge in [0, 0.05) is 6.20 Å². The molecule has 1 aromatic carbocycles. The molecule has 2 N–H and O–H groups in total. The highest BCUT2D eigenvalue weighted by Gasteiger charge is 2.16. The van der Waals surface area contributed by atoms with Crippen molar-refractivity contribution >= 4 is 17.6 Å². The Morgan fingerprint density at radius 3 is 2.67 bits per heavy atom. The Morgan fingerprint density at radius 2 is 2.04 bits per heavy atom. The molecule has 3 rings (SSSR count). The standard InChI is InChI=1S/C20H16N4O3/c1-2-13-6-8-15(9-7-13)27-19-16(11-14(12-21)18(22)25)20(26)24-10-4-3-5-17(24)23-19/h3-11H,2H2,1H3,(H2,22,25)/b14-11+. The van der Waals surface area contributed by atoms with E-state index in [1.807, 2.05) is 19.1 Å². The number of benzene rings is 1. The van der Waals surface area contributed by atoms with Crippen LogP contribution >= 0.6 is 0 Å². The quantitative estimate of drug-likeness (QED) is 0.555. The van der Waals surface area contributed by atoms with E-state index < -0.39 is 11.5 Å². The van der Waals surface area contributed by atoms with Crippen molar-refractivity contribution in [1.29, 1.82) is 5.26 Å². The van der Waals surface area contributed by atoms with E-state index in [0.717, 1.165) is 18.1 Å². The molecule has 0 aliphatic rings. The summed E-state index contributed by atoms with van der Waals surface area (Å²) in [6.45, 7) is 2.04. The van der Waals surface area contributed by atoms with E-state index in [1.165, 1.54) is 10.6 Å². The van der Waals surface area contributed by atoms with Crippen LogP contribution in [-0.4, -0.2) is 15.3 Å². The number of pyridine rings is 1. The summed E-state index contributed by atoms with van der Waals surface area (Å²) in [4.78, 5) is 28.6. The van der Waals surface area contributed by atoms with Gasteiger partial charge in [0.2, 0.25) is 5.88 Å². The third-order valence-corrected chi connectivity index (χ3v) is 3.95. The van der Waals surface area contributed by atoms with Crippen molar-refractivity contribution in [2.75, 3.05) is 0 Å². The number of primary amides is 1. The van der Waals surface area contributed by atoms with Gasteiger partial charge in [0.05, 0.1) is 0 Å². The van der Waals surface area contributed by atoms with Crippen LogP contribution in [0.4, 0.5) is 0 Å². The number of ether oxygens (including phenoxy) is 1. The van der Waals surface area contributed by atoms with Gasteiger partial charge in [-0.1, -0.05) is 25.1 Å². The van der Waals surface area contributed by atoms with E-state index in [1.54, 1.807) is 36.4 Å². The largest absolute Gasteiger partial charge is 0.438 e. The van der Waals surface area contributed by atoms with Crippen LogP contribution in [0.5, 0.6) is 11.6 Å². The number of carbonyl (C=O) groups excluding carboxylic acids is 1. The highest BCUT2D eigenvalue weighted by atomic mass is 16.5. The maximum Gasteiger partial charge on any atom is 0.269 e. The first-order chi connectivity index (χ1) is 13.0. The predicted molar refractivity (Wildman–Crippen MR) is 100 cm³/mol. The molecule has 27 heavy (non-hydrogen) atoms. The number of fused-ring (bicyclic) bond motifs is 1. The van der Waals surface area contributed by atoms with Crippen molar-refractivity contribution in [3.05, 3.63) is 75.7 Å². The molecule has 0 radical (unpaired) electrons. The van der Waals surface area contributed by atoms with Crippen molar-refractivity contribution in [3.8, 4) is 17.7 Å². The lowest BCUT2D eigenvalue weighted by Gasteiger charge is -2.10. The number of aromatic nitrogens is 2. The van der Waals surface area contributed by atoms with Gasteiger partial charge in [0.1, 0.15) is 28.6 Å². The van der Waals surface area contributed by atoms with Gasteiger partial charge in [-0.05, 0) is 42.3 Å². The Morgan fingerprint density at radius 1 is 1.30 bits per heavy atom. The molecule has 0 aliphatic carbocycles. The first-order valence-electron chi connectivity index (χ1n) is 8.23. The minimum Gasteiger partial charge on any atom is -0.438 e. The van der Waals surface area contributed by atoms with Crippen molar-refractivity contribution in [2.24, 2.45) is 5.73 Å². The zero-order chi connectivity index (χ0) is 19.4. The van der Waals surface area contributed by atoms with Gasteiger partial charge in [0.15, 0.2) is 0 Å². The fourth-order valence-electron chi connectivity index (χ4n) is 2.49. The molecule has 0 unspecified atom stereocenters. The van der Waals surface area contributed by atoms with Crippen LogP contribution in [0, 0.1) is 11.3 Å². The van der Waals surface area contributed by atoms with Gasteiger partial charge in [-0.3, -0.25) is 14.0 Å².